The Bertz CT molecular complexity index is 1170. The summed E-state index contributed by atoms with van der Waals surface area (Å²) in [5.74, 6) is 0.883. The van der Waals surface area contributed by atoms with Crippen LogP contribution in [0.1, 0.15) is 30.5 Å². The first kappa shape index (κ1) is 29.4. The number of hydrogen-bond acceptors (Lipinski definition) is 3. The van der Waals surface area contributed by atoms with Crippen LogP contribution in [-0.4, -0.2) is 35.1 Å². The van der Waals surface area contributed by atoms with E-state index in [9.17, 15) is 9.59 Å². The van der Waals surface area contributed by atoms with Gasteiger partial charge in [0.05, 0.1) is 15.8 Å². The van der Waals surface area contributed by atoms with Gasteiger partial charge in [0.25, 0.3) is 0 Å². The van der Waals surface area contributed by atoms with E-state index < -0.39 is 6.04 Å². The van der Waals surface area contributed by atoms with Crippen LogP contribution in [0, 0.1) is 5.92 Å². The predicted octanol–water partition coefficient (Wildman–Crippen LogP) is 7.29. The van der Waals surface area contributed by atoms with E-state index in [1.807, 2.05) is 74.5 Å². The Labute approximate surface area is 238 Å². The van der Waals surface area contributed by atoms with Gasteiger partial charge >= 0.3 is 0 Å². The van der Waals surface area contributed by atoms with Crippen LogP contribution in [-0.2, 0) is 28.3 Å². The maximum absolute atomic E-state index is 13.7. The van der Waals surface area contributed by atoms with Gasteiger partial charge in [0.15, 0.2) is 0 Å². The molecule has 0 fully saturated rings. The van der Waals surface area contributed by atoms with Crippen molar-refractivity contribution in [2.24, 2.45) is 5.92 Å². The van der Waals surface area contributed by atoms with Gasteiger partial charge in [-0.25, -0.2) is 0 Å². The number of rotatable bonds is 12. The maximum atomic E-state index is 13.7. The van der Waals surface area contributed by atoms with Crippen molar-refractivity contribution in [2.45, 2.75) is 38.6 Å². The molecule has 0 aliphatic carbocycles. The fourth-order valence-corrected chi connectivity index (χ4v) is 5.05. The molecule has 0 spiro atoms. The van der Waals surface area contributed by atoms with Crippen LogP contribution < -0.4 is 5.32 Å². The zero-order valence-corrected chi connectivity index (χ0v) is 24.0. The molecule has 0 aliphatic heterocycles. The molecule has 1 atom stereocenters. The van der Waals surface area contributed by atoms with E-state index in [2.05, 4.69) is 5.32 Å². The molecule has 4 nitrogen and oxygen atoms in total. The lowest BCUT2D eigenvalue weighted by Crippen LogP contribution is -2.51. The molecule has 0 radical (unpaired) electrons. The molecule has 0 aromatic heterocycles. The molecule has 0 bridgehead atoms. The fraction of sp³-hybridized carbons (Fsp3) is 0.310. The quantitative estimate of drug-likeness (QED) is 0.246. The summed E-state index contributed by atoms with van der Waals surface area (Å²) in [6, 6.07) is 21.9. The third kappa shape index (κ3) is 9.57. The van der Waals surface area contributed by atoms with Crippen molar-refractivity contribution in [3.05, 3.63) is 105 Å². The third-order valence-corrected chi connectivity index (χ3v) is 7.68. The molecule has 0 aliphatic rings. The number of halogens is 3. The first-order chi connectivity index (χ1) is 17.7. The second-order valence-electron chi connectivity index (χ2n) is 9.23. The average Bonchev–Trinajstić information content (AvgIpc) is 2.88. The predicted molar refractivity (Wildman–Crippen MR) is 156 cm³/mol. The van der Waals surface area contributed by atoms with E-state index in [-0.39, 0.29) is 30.0 Å². The maximum Gasteiger partial charge on any atom is 0.243 e. The molecule has 1 N–H and O–H groups in total. The molecule has 0 saturated carbocycles. The van der Waals surface area contributed by atoms with Gasteiger partial charge in [-0.2, -0.15) is 0 Å². The Kier molecular flexibility index (Phi) is 11.7. The number of thioether (sulfide) groups is 1. The van der Waals surface area contributed by atoms with Gasteiger partial charge < -0.3 is 10.2 Å². The highest BCUT2D eigenvalue weighted by Crippen LogP contribution is 2.25. The number of carbonyl (C=O) groups is 2. The lowest BCUT2D eigenvalue weighted by Gasteiger charge is -2.32. The zero-order valence-electron chi connectivity index (χ0n) is 20.9. The van der Waals surface area contributed by atoms with Gasteiger partial charge in [-0.05, 0) is 46.9 Å². The molecule has 8 heteroatoms. The van der Waals surface area contributed by atoms with Crippen LogP contribution in [0.3, 0.4) is 0 Å². The Morgan fingerprint density at radius 1 is 0.865 bits per heavy atom. The minimum absolute atomic E-state index is 0.120. The first-order valence-corrected chi connectivity index (χ1v) is 14.4. The van der Waals surface area contributed by atoms with Crippen molar-refractivity contribution >= 4 is 58.4 Å². The Hall–Kier alpha value is -2.18. The summed E-state index contributed by atoms with van der Waals surface area (Å²) in [5.41, 5.74) is 2.86. The largest absolute Gasteiger partial charge is 0.354 e. The highest BCUT2D eigenvalue weighted by molar-refractivity contribution is 7.99. The van der Waals surface area contributed by atoms with Gasteiger partial charge in [-0.15, -0.1) is 11.8 Å². The van der Waals surface area contributed by atoms with E-state index >= 15 is 0 Å². The van der Waals surface area contributed by atoms with Gasteiger partial charge in [-0.1, -0.05) is 97.2 Å². The van der Waals surface area contributed by atoms with Gasteiger partial charge in [-0.3, -0.25) is 9.59 Å². The molecular weight excluding hydrogens is 547 g/mol. The van der Waals surface area contributed by atoms with E-state index in [1.54, 1.807) is 17.0 Å². The second-order valence-corrected chi connectivity index (χ2v) is 11.5. The zero-order chi connectivity index (χ0) is 26.8. The SMILES string of the molecule is CC(C)CNC(=O)[C@H](Cc1ccccc1)N(Cc1ccc(Cl)c(Cl)c1)C(=O)CSCc1ccc(Cl)cc1. The lowest BCUT2D eigenvalue weighted by molar-refractivity contribution is -0.139. The summed E-state index contributed by atoms with van der Waals surface area (Å²) >= 11 is 19.9. The second kappa shape index (κ2) is 14.7. The molecule has 37 heavy (non-hydrogen) atoms. The molecule has 0 saturated heterocycles. The van der Waals surface area contributed by atoms with Gasteiger partial charge in [0.1, 0.15) is 6.04 Å². The van der Waals surface area contributed by atoms with Crippen molar-refractivity contribution in [2.75, 3.05) is 12.3 Å². The minimum atomic E-state index is -0.681. The van der Waals surface area contributed by atoms with Crippen LogP contribution in [0.4, 0.5) is 0 Å². The summed E-state index contributed by atoms with van der Waals surface area (Å²) in [6.45, 7) is 4.85. The van der Waals surface area contributed by atoms with Crippen molar-refractivity contribution in [1.29, 1.82) is 0 Å². The molecule has 3 rings (SSSR count). The Morgan fingerprint density at radius 2 is 1.54 bits per heavy atom. The topological polar surface area (TPSA) is 49.4 Å². The van der Waals surface area contributed by atoms with Crippen LogP contribution >= 0.6 is 46.6 Å². The summed E-state index contributed by atoms with van der Waals surface area (Å²) < 4.78 is 0. The monoisotopic (exact) mass is 576 g/mol. The number of benzene rings is 3. The van der Waals surface area contributed by atoms with Gasteiger partial charge in [0, 0.05) is 30.3 Å². The molecule has 3 aromatic carbocycles. The molecule has 196 valence electrons. The number of hydrogen-bond donors (Lipinski definition) is 1. The molecule has 0 heterocycles. The van der Waals surface area contributed by atoms with Gasteiger partial charge in [0.2, 0.25) is 11.8 Å². The standard InChI is InChI=1S/C29H31Cl3N2O2S/c1-20(2)16-33-29(36)27(15-21-6-4-3-5-7-21)34(17-23-10-13-25(31)26(32)14-23)28(35)19-37-18-22-8-11-24(30)12-9-22/h3-14,20,27H,15-19H2,1-2H3,(H,33,36)/t27-/m0/s1. The van der Waals surface area contributed by atoms with Crippen molar-refractivity contribution < 1.29 is 9.59 Å². The van der Waals surface area contributed by atoms with E-state index in [0.717, 1.165) is 16.7 Å². The number of nitrogens with zero attached hydrogens (tertiary/aromatic N) is 1. The summed E-state index contributed by atoms with van der Waals surface area (Å²) in [4.78, 5) is 28.8. The summed E-state index contributed by atoms with van der Waals surface area (Å²) in [7, 11) is 0. The molecular formula is C29H31Cl3N2O2S. The number of amides is 2. The van der Waals surface area contributed by atoms with E-state index in [0.29, 0.717) is 33.8 Å². The van der Waals surface area contributed by atoms with Crippen molar-refractivity contribution in [1.82, 2.24) is 10.2 Å². The lowest BCUT2D eigenvalue weighted by atomic mass is 10.0. The molecule has 0 unspecified atom stereocenters. The average molecular weight is 578 g/mol. The smallest absolute Gasteiger partial charge is 0.243 e. The minimum Gasteiger partial charge on any atom is -0.354 e. The third-order valence-electron chi connectivity index (χ3n) is 5.70. The van der Waals surface area contributed by atoms with Crippen LogP contribution in [0.5, 0.6) is 0 Å². The molecule has 3 aromatic rings. The molecule has 2 amide bonds. The Morgan fingerprint density at radius 3 is 2.19 bits per heavy atom. The van der Waals surface area contributed by atoms with Crippen LogP contribution in [0.15, 0.2) is 72.8 Å². The normalized spacial score (nSPS) is 11.8. The fourth-order valence-electron chi connectivity index (χ4n) is 3.73. The highest BCUT2D eigenvalue weighted by atomic mass is 35.5. The summed E-state index contributed by atoms with van der Waals surface area (Å²) in [6.07, 6.45) is 0.402. The van der Waals surface area contributed by atoms with Crippen LogP contribution in [0.2, 0.25) is 15.1 Å². The number of carbonyl (C=O) groups excluding carboxylic acids is 2. The number of nitrogens with one attached hydrogen (secondary N) is 1. The highest BCUT2D eigenvalue weighted by Gasteiger charge is 2.30. The Balaban J connectivity index is 1.86. The summed E-state index contributed by atoms with van der Waals surface area (Å²) in [5, 5.41) is 4.56. The van der Waals surface area contributed by atoms with E-state index in [1.165, 1.54) is 11.8 Å². The van der Waals surface area contributed by atoms with Crippen LogP contribution in [0.25, 0.3) is 0 Å². The first-order valence-electron chi connectivity index (χ1n) is 12.1. The van der Waals surface area contributed by atoms with Crippen molar-refractivity contribution in [3.8, 4) is 0 Å². The van der Waals surface area contributed by atoms with E-state index in [4.69, 9.17) is 34.8 Å². The van der Waals surface area contributed by atoms with Crippen molar-refractivity contribution in [3.63, 3.8) is 0 Å².